The molecule has 0 radical (unpaired) electrons. The number of ether oxygens (including phenoxy) is 1. The van der Waals surface area contributed by atoms with E-state index >= 15 is 0 Å². The average molecular weight is 298 g/mol. The first kappa shape index (κ1) is 15.1. The second kappa shape index (κ2) is 6.95. The van der Waals surface area contributed by atoms with Gasteiger partial charge in [-0.3, -0.25) is 4.79 Å². The number of carbonyl (C=O) groups is 1. The molecule has 2 rings (SSSR count). The van der Waals surface area contributed by atoms with Crippen LogP contribution in [0.3, 0.4) is 0 Å². The number of anilines is 1. The highest BCUT2D eigenvalue weighted by Gasteiger charge is 2.21. The summed E-state index contributed by atoms with van der Waals surface area (Å²) in [5.41, 5.74) is 0.634. The van der Waals surface area contributed by atoms with Crippen molar-refractivity contribution in [3.8, 4) is 5.75 Å². The smallest absolute Gasteiger partial charge is 0.279 e. The van der Waals surface area contributed by atoms with Crippen molar-refractivity contribution >= 4 is 23.2 Å². The molecule has 1 heterocycles. The van der Waals surface area contributed by atoms with Gasteiger partial charge in [-0.05, 0) is 37.0 Å². The van der Waals surface area contributed by atoms with Crippen molar-refractivity contribution in [2.45, 2.75) is 19.8 Å². The highest BCUT2D eigenvalue weighted by Crippen LogP contribution is 2.27. The van der Waals surface area contributed by atoms with E-state index in [1.54, 1.807) is 25.3 Å². The van der Waals surface area contributed by atoms with Crippen LogP contribution in [0.5, 0.6) is 5.75 Å². The van der Waals surface area contributed by atoms with Gasteiger partial charge in [0.2, 0.25) is 0 Å². The van der Waals surface area contributed by atoms with Gasteiger partial charge in [-0.1, -0.05) is 18.5 Å². The fourth-order valence-electron chi connectivity index (χ4n) is 2.55. The van der Waals surface area contributed by atoms with Crippen LogP contribution in [-0.2, 0) is 4.79 Å². The van der Waals surface area contributed by atoms with Crippen molar-refractivity contribution in [2.75, 3.05) is 32.1 Å². The van der Waals surface area contributed by atoms with Gasteiger partial charge >= 0.3 is 0 Å². The Morgan fingerprint density at radius 1 is 1.45 bits per heavy atom. The Bertz CT molecular complexity index is 471. The quantitative estimate of drug-likeness (QED) is 0.886. The molecule has 1 aromatic carbocycles. The molecule has 0 spiro atoms. The summed E-state index contributed by atoms with van der Waals surface area (Å²) >= 11 is 5.95. The molecule has 110 valence electrons. The van der Waals surface area contributed by atoms with E-state index in [1.807, 2.05) is 0 Å². The van der Waals surface area contributed by atoms with Gasteiger partial charge in [-0.25, -0.2) is 0 Å². The molecule has 1 amide bonds. The molecular weight excluding hydrogens is 276 g/mol. The zero-order chi connectivity index (χ0) is 14.5. The Balaban J connectivity index is 1.92. The minimum absolute atomic E-state index is 0.00937. The first-order valence-corrected chi connectivity index (χ1v) is 7.43. The predicted molar refractivity (Wildman–Crippen MR) is 80.6 cm³/mol. The molecule has 1 aliphatic heterocycles. The molecule has 0 aromatic heterocycles. The van der Waals surface area contributed by atoms with Crippen LogP contribution in [0.2, 0.25) is 5.02 Å². The van der Waals surface area contributed by atoms with Crippen molar-refractivity contribution in [3.63, 3.8) is 0 Å². The van der Waals surface area contributed by atoms with E-state index in [2.05, 4.69) is 12.2 Å². The lowest BCUT2D eigenvalue weighted by atomic mass is 9.99. The number of nitrogens with one attached hydrogen (secondary N) is 2. The highest BCUT2D eigenvalue weighted by molar-refractivity contribution is 6.31. The number of halogens is 1. The standard InChI is InChI=1S/C15H21ClN2O2/c1-11-5-7-18(8-6-11)10-15(19)17-13-9-12(16)3-4-14(13)20-2/h3-4,9,11H,5-8,10H2,1-2H3,(H,17,19)/p+1. The van der Waals surface area contributed by atoms with E-state index < -0.39 is 0 Å². The summed E-state index contributed by atoms with van der Waals surface area (Å²) in [6.07, 6.45) is 2.40. The van der Waals surface area contributed by atoms with Crippen LogP contribution in [0.15, 0.2) is 18.2 Å². The van der Waals surface area contributed by atoms with E-state index in [0.29, 0.717) is 23.0 Å². The lowest BCUT2D eigenvalue weighted by Gasteiger charge is -2.26. The van der Waals surface area contributed by atoms with Crippen molar-refractivity contribution in [1.29, 1.82) is 0 Å². The SMILES string of the molecule is COc1ccc(Cl)cc1NC(=O)C[NH+]1CCC(C)CC1. The van der Waals surface area contributed by atoms with Gasteiger partial charge in [-0.15, -0.1) is 0 Å². The van der Waals surface area contributed by atoms with Gasteiger partial charge in [0.1, 0.15) is 5.75 Å². The molecule has 5 heteroatoms. The molecule has 20 heavy (non-hydrogen) atoms. The predicted octanol–water partition coefficient (Wildman–Crippen LogP) is 1.60. The molecule has 4 nitrogen and oxygen atoms in total. The maximum Gasteiger partial charge on any atom is 0.279 e. The number of hydrogen-bond acceptors (Lipinski definition) is 2. The zero-order valence-electron chi connectivity index (χ0n) is 12.0. The van der Waals surface area contributed by atoms with E-state index in [-0.39, 0.29) is 5.91 Å². The molecular formula is C15H22ClN2O2+. The first-order chi connectivity index (χ1) is 9.58. The minimum Gasteiger partial charge on any atom is -0.495 e. The number of benzene rings is 1. The molecule has 1 aromatic rings. The van der Waals surface area contributed by atoms with Crippen molar-refractivity contribution in [1.82, 2.24) is 0 Å². The van der Waals surface area contributed by atoms with Gasteiger partial charge in [0.15, 0.2) is 6.54 Å². The number of piperidine rings is 1. The van der Waals surface area contributed by atoms with Crippen molar-refractivity contribution in [2.24, 2.45) is 5.92 Å². The molecule has 0 atom stereocenters. The van der Waals surface area contributed by atoms with E-state index in [1.165, 1.54) is 17.7 Å². The molecule has 1 fully saturated rings. The highest BCUT2D eigenvalue weighted by atomic mass is 35.5. The number of rotatable bonds is 4. The average Bonchev–Trinajstić information content (AvgIpc) is 2.41. The summed E-state index contributed by atoms with van der Waals surface area (Å²) in [6, 6.07) is 5.21. The summed E-state index contributed by atoms with van der Waals surface area (Å²) in [6.45, 7) is 4.92. The maximum absolute atomic E-state index is 12.1. The Kier molecular flexibility index (Phi) is 5.26. The second-order valence-electron chi connectivity index (χ2n) is 5.50. The number of quaternary nitrogens is 1. The zero-order valence-corrected chi connectivity index (χ0v) is 12.8. The van der Waals surface area contributed by atoms with E-state index in [4.69, 9.17) is 16.3 Å². The minimum atomic E-state index is 0.00937. The Labute approximate surface area is 125 Å². The van der Waals surface area contributed by atoms with Crippen LogP contribution < -0.4 is 15.0 Å². The van der Waals surface area contributed by atoms with Crippen LogP contribution in [0.4, 0.5) is 5.69 Å². The second-order valence-corrected chi connectivity index (χ2v) is 5.94. The Morgan fingerprint density at radius 3 is 2.80 bits per heavy atom. The third-order valence-electron chi connectivity index (χ3n) is 3.83. The van der Waals surface area contributed by atoms with Gasteiger partial charge in [0.05, 0.1) is 25.9 Å². The van der Waals surface area contributed by atoms with Crippen LogP contribution >= 0.6 is 11.6 Å². The summed E-state index contributed by atoms with van der Waals surface area (Å²) in [5.74, 6) is 1.43. The number of carbonyl (C=O) groups excluding carboxylic acids is 1. The monoisotopic (exact) mass is 297 g/mol. The molecule has 1 saturated heterocycles. The van der Waals surface area contributed by atoms with E-state index in [0.717, 1.165) is 19.0 Å². The number of amides is 1. The largest absolute Gasteiger partial charge is 0.495 e. The fourth-order valence-corrected chi connectivity index (χ4v) is 2.72. The molecule has 1 aliphatic rings. The van der Waals surface area contributed by atoms with Crippen LogP contribution in [-0.4, -0.2) is 32.7 Å². The summed E-state index contributed by atoms with van der Waals surface area (Å²) in [5, 5.41) is 3.48. The van der Waals surface area contributed by atoms with Gasteiger partial charge < -0.3 is 15.0 Å². The topological polar surface area (TPSA) is 42.8 Å². The number of likely N-dealkylation sites (tertiary alicyclic amines) is 1. The van der Waals surface area contributed by atoms with Crippen molar-refractivity contribution in [3.05, 3.63) is 23.2 Å². The summed E-state index contributed by atoms with van der Waals surface area (Å²) in [7, 11) is 1.58. The molecule has 0 saturated carbocycles. The Hall–Kier alpha value is -1.26. The third-order valence-corrected chi connectivity index (χ3v) is 4.06. The third kappa shape index (κ3) is 4.12. The van der Waals surface area contributed by atoms with Gasteiger partial charge in [0, 0.05) is 5.02 Å². The van der Waals surface area contributed by atoms with Crippen LogP contribution in [0.25, 0.3) is 0 Å². The Morgan fingerprint density at radius 2 is 2.15 bits per heavy atom. The summed E-state index contributed by atoms with van der Waals surface area (Å²) < 4.78 is 5.23. The molecule has 0 bridgehead atoms. The van der Waals surface area contributed by atoms with Gasteiger partial charge in [-0.2, -0.15) is 0 Å². The summed E-state index contributed by atoms with van der Waals surface area (Å²) in [4.78, 5) is 13.5. The molecule has 2 N–H and O–H groups in total. The van der Waals surface area contributed by atoms with Crippen LogP contribution in [0, 0.1) is 5.92 Å². The van der Waals surface area contributed by atoms with E-state index in [9.17, 15) is 4.79 Å². The molecule has 0 unspecified atom stereocenters. The number of methoxy groups -OCH3 is 1. The normalized spacial score (nSPS) is 22.4. The number of hydrogen-bond donors (Lipinski definition) is 2. The van der Waals surface area contributed by atoms with Gasteiger partial charge in [0.25, 0.3) is 5.91 Å². The lowest BCUT2D eigenvalue weighted by molar-refractivity contribution is -0.897. The van der Waals surface area contributed by atoms with Crippen LogP contribution in [0.1, 0.15) is 19.8 Å². The van der Waals surface area contributed by atoms with Crippen molar-refractivity contribution < 1.29 is 14.4 Å². The first-order valence-electron chi connectivity index (χ1n) is 7.05. The molecule has 0 aliphatic carbocycles. The lowest BCUT2D eigenvalue weighted by Crippen LogP contribution is -3.14. The maximum atomic E-state index is 12.1. The fraction of sp³-hybridized carbons (Fsp3) is 0.533.